The third-order valence-corrected chi connectivity index (χ3v) is 6.82. The van der Waals surface area contributed by atoms with Crippen molar-refractivity contribution in [2.45, 2.75) is 58.4 Å². The summed E-state index contributed by atoms with van der Waals surface area (Å²) in [6.45, 7) is 5.71. The summed E-state index contributed by atoms with van der Waals surface area (Å²) in [4.78, 5) is 52.2. The Kier molecular flexibility index (Phi) is 5.11. The average Bonchev–Trinajstić information content (AvgIpc) is 3.23. The van der Waals surface area contributed by atoms with Crippen LogP contribution in [0.4, 0.5) is 10.1 Å². The molecule has 1 N–H and O–H groups in total. The number of carbonyl (C=O) groups is 4. The highest BCUT2D eigenvalue weighted by Crippen LogP contribution is 2.42. The van der Waals surface area contributed by atoms with E-state index in [1.807, 2.05) is 4.90 Å². The molecular formula is C22H26FN3O4. The molecule has 1 aromatic rings. The molecule has 0 spiro atoms. The number of piperidine rings is 1. The quantitative estimate of drug-likeness (QED) is 0.747. The Morgan fingerprint density at radius 3 is 2.47 bits per heavy atom. The fraction of sp³-hybridized carbons (Fsp3) is 0.545. The second-order valence-electron chi connectivity index (χ2n) is 8.57. The van der Waals surface area contributed by atoms with Gasteiger partial charge in [0, 0.05) is 19.5 Å². The van der Waals surface area contributed by atoms with E-state index < -0.39 is 35.5 Å². The van der Waals surface area contributed by atoms with Crippen LogP contribution in [0.25, 0.3) is 0 Å². The molecule has 7 nitrogen and oxygen atoms in total. The van der Waals surface area contributed by atoms with Crippen LogP contribution in [0.2, 0.25) is 0 Å². The predicted molar refractivity (Wildman–Crippen MR) is 108 cm³/mol. The van der Waals surface area contributed by atoms with Gasteiger partial charge in [-0.05, 0) is 43.2 Å². The Bertz CT molecular complexity index is 947. The lowest BCUT2D eigenvalue weighted by Crippen LogP contribution is -2.54. The second-order valence-corrected chi connectivity index (χ2v) is 8.57. The molecule has 1 aromatic carbocycles. The van der Waals surface area contributed by atoms with Gasteiger partial charge in [-0.2, -0.15) is 0 Å². The minimum Gasteiger partial charge on any atom is -0.369 e. The molecule has 30 heavy (non-hydrogen) atoms. The van der Waals surface area contributed by atoms with Crippen molar-refractivity contribution >= 4 is 29.3 Å². The number of rotatable bonds is 5. The van der Waals surface area contributed by atoms with E-state index in [4.69, 9.17) is 0 Å². The van der Waals surface area contributed by atoms with E-state index in [0.717, 1.165) is 36.6 Å². The lowest BCUT2D eigenvalue weighted by atomic mass is 9.80. The molecule has 0 saturated carbocycles. The van der Waals surface area contributed by atoms with Crippen molar-refractivity contribution in [2.75, 3.05) is 18.0 Å². The third kappa shape index (κ3) is 3.18. The van der Waals surface area contributed by atoms with Crippen LogP contribution >= 0.6 is 0 Å². The maximum atomic E-state index is 15.0. The Morgan fingerprint density at radius 1 is 1.13 bits per heavy atom. The third-order valence-electron chi connectivity index (χ3n) is 6.82. The topological polar surface area (TPSA) is 86.8 Å². The first kappa shape index (κ1) is 20.5. The molecule has 0 radical (unpaired) electrons. The summed E-state index contributed by atoms with van der Waals surface area (Å²) < 4.78 is 15.0. The zero-order valence-corrected chi connectivity index (χ0v) is 17.3. The van der Waals surface area contributed by atoms with E-state index in [-0.39, 0.29) is 29.4 Å². The molecule has 0 bridgehead atoms. The van der Waals surface area contributed by atoms with Gasteiger partial charge in [0.25, 0.3) is 11.8 Å². The first-order chi connectivity index (χ1) is 14.3. The van der Waals surface area contributed by atoms with Crippen LogP contribution in [0.15, 0.2) is 12.1 Å². The molecule has 2 fully saturated rings. The molecule has 3 aliphatic heterocycles. The van der Waals surface area contributed by atoms with Crippen LogP contribution in [0.1, 0.15) is 73.1 Å². The van der Waals surface area contributed by atoms with Gasteiger partial charge >= 0.3 is 0 Å². The average molecular weight is 415 g/mol. The van der Waals surface area contributed by atoms with Crippen molar-refractivity contribution in [1.82, 2.24) is 10.2 Å². The zero-order chi connectivity index (χ0) is 21.6. The number of benzene rings is 1. The molecule has 2 atom stereocenters. The first-order valence-corrected chi connectivity index (χ1v) is 10.6. The molecule has 2 unspecified atom stereocenters. The smallest absolute Gasteiger partial charge is 0.262 e. The highest BCUT2D eigenvalue weighted by molar-refractivity contribution is 6.23. The number of hydrogen-bond acceptors (Lipinski definition) is 5. The van der Waals surface area contributed by atoms with Gasteiger partial charge in [0.1, 0.15) is 11.9 Å². The van der Waals surface area contributed by atoms with Crippen molar-refractivity contribution in [2.24, 2.45) is 5.41 Å². The van der Waals surface area contributed by atoms with Crippen LogP contribution in [-0.4, -0.2) is 47.7 Å². The Hall–Kier alpha value is -2.77. The van der Waals surface area contributed by atoms with Crippen LogP contribution in [0.3, 0.4) is 0 Å². The maximum absolute atomic E-state index is 15.0. The van der Waals surface area contributed by atoms with E-state index in [0.29, 0.717) is 18.8 Å². The van der Waals surface area contributed by atoms with Crippen molar-refractivity contribution in [1.29, 1.82) is 0 Å². The number of carbonyl (C=O) groups excluding carboxylic acids is 4. The molecule has 2 saturated heterocycles. The highest BCUT2D eigenvalue weighted by Gasteiger charge is 2.46. The van der Waals surface area contributed by atoms with Crippen LogP contribution in [0, 0.1) is 11.2 Å². The zero-order valence-electron chi connectivity index (χ0n) is 17.3. The van der Waals surface area contributed by atoms with Crippen molar-refractivity contribution in [3.05, 3.63) is 29.1 Å². The van der Waals surface area contributed by atoms with Gasteiger partial charge in [0.05, 0.1) is 16.8 Å². The number of anilines is 1. The Morgan fingerprint density at radius 2 is 1.83 bits per heavy atom. The SMILES string of the molecule is CCCC1(CC)CCN(c2cc3c(cc2F)C(=O)N(C2CCC(=O)NC2=O)C3=O)C1. The molecule has 3 aliphatic rings. The molecule has 0 aromatic heterocycles. The van der Waals surface area contributed by atoms with Gasteiger partial charge in [-0.1, -0.05) is 20.3 Å². The predicted octanol–water partition coefficient (Wildman–Crippen LogP) is 2.63. The fourth-order valence-corrected chi connectivity index (χ4v) is 5.06. The molecule has 3 heterocycles. The van der Waals surface area contributed by atoms with Crippen molar-refractivity contribution < 1.29 is 23.6 Å². The van der Waals surface area contributed by atoms with Crippen molar-refractivity contribution in [3.63, 3.8) is 0 Å². The molecule has 4 rings (SSSR count). The monoisotopic (exact) mass is 415 g/mol. The largest absolute Gasteiger partial charge is 0.369 e. The number of hydrogen-bond donors (Lipinski definition) is 1. The summed E-state index contributed by atoms with van der Waals surface area (Å²) in [6.07, 6.45) is 4.21. The summed E-state index contributed by atoms with van der Waals surface area (Å²) in [5, 5.41) is 2.16. The molecule has 160 valence electrons. The normalized spacial score (nSPS) is 26.4. The number of fused-ring (bicyclic) bond motifs is 1. The minimum absolute atomic E-state index is 0.0274. The standard InChI is InChI=1S/C22H26FN3O4/c1-3-7-22(4-2)8-9-25(12-22)17-11-14-13(10-15(17)23)20(29)26(21(14)30)16-5-6-18(27)24-19(16)28/h10-11,16H,3-9,12H2,1-2H3,(H,24,27,28). The first-order valence-electron chi connectivity index (χ1n) is 10.6. The van der Waals surface area contributed by atoms with E-state index in [1.165, 1.54) is 6.07 Å². The van der Waals surface area contributed by atoms with Gasteiger partial charge in [-0.15, -0.1) is 0 Å². The van der Waals surface area contributed by atoms with Crippen LogP contribution < -0.4 is 10.2 Å². The van der Waals surface area contributed by atoms with Gasteiger partial charge in [0.2, 0.25) is 11.8 Å². The fourth-order valence-electron chi connectivity index (χ4n) is 5.06. The number of nitrogens with zero attached hydrogens (tertiary/aromatic N) is 2. The number of amides is 4. The van der Waals surface area contributed by atoms with Crippen LogP contribution in [0.5, 0.6) is 0 Å². The number of nitrogens with one attached hydrogen (secondary N) is 1. The van der Waals surface area contributed by atoms with Gasteiger partial charge in [-0.3, -0.25) is 29.4 Å². The van der Waals surface area contributed by atoms with Gasteiger partial charge < -0.3 is 4.90 Å². The summed E-state index contributed by atoms with van der Waals surface area (Å²) in [7, 11) is 0. The summed E-state index contributed by atoms with van der Waals surface area (Å²) in [5.41, 5.74) is 0.552. The molecule has 0 aliphatic carbocycles. The van der Waals surface area contributed by atoms with E-state index >= 15 is 0 Å². The lowest BCUT2D eigenvalue weighted by Gasteiger charge is -2.28. The Labute approximate surface area is 174 Å². The van der Waals surface area contributed by atoms with E-state index in [1.54, 1.807) is 0 Å². The molecule has 4 amide bonds. The summed E-state index contributed by atoms with van der Waals surface area (Å²) >= 11 is 0. The number of halogens is 1. The van der Waals surface area contributed by atoms with Gasteiger partial charge in [0.15, 0.2) is 0 Å². The van der Waals surface area contributed by atoms with Gasteiger partial charge in [-0.25, -0.2) is 4.39 Å². The second kappa shape index (κ2) is 7.49. The highest BCUT2D eigenvalue weighted by atomic mass is 19.1. The molecule has 8 heteroatoms. The molecular weight excluding hydrogens is 389 g/mol. The van der Waals surface area contributed by atoms with E-state index in [2.05, 4.69) is 19.2 Å². The summed E-state index contributed by atoms with van der Waals surface area (Å²) in [6, 6.07) is 1.52. The Balaban J connectivity index is 1.63. The summed E-state index contributed by atoms with van der Waals surface area (Å²) in [5.74, 6) is -2.94. The minimum atomic E-state index is -1.05. The number of imide groups is 2. The van der Waals surface area contributed by atoms with Crippen LogP contribution in [-0.2, 0) is 9.59 Å². The lowest BCUT2D eigenvalue weighted by molar-refractivity contribution is -0.136. The van der Waals surface area contributed by atoms with E-state index in [9.17, 15) is 23.6 Å². The maximum Gasteiger partial charge on any atom is 0.262 e. The van der Waals surface area contributed by atoms with Crippen molar-refractivity contribution in [3.8, 4) is 0 Å².